The standard InChI is InChI=1S/C24H21FNOP/c1-15-11-24(26-23-10-8-19(28)13-21(15)23)18-7-9-20(22(25)12-18)17-5-3-16(4-6-17)14-27-2/h3-13H,14,28H2,1-2H3. The van der Waals surface area contributed by atoms with E-state index < -0.39 is 0 Å². The summed E-state index contributed by atoms with van der Waals surface area (Å²) in [5.41, 5.74) is 6.09. The Kier molecular flexibility index (Phi) is 5.21. The molecule has 0 saturated heterocycles. The number of nitrogens with zero attached hydrogens (tertiary/aromatic N) is 1. The molecule has 1 heterocycles. The fourth-order valence-corrected chi connectivity index (χ4v) is 3.68. The van der Waals surface area contributed by atoms with Crippen molar-refractivity contribution in [3.05, 3.63) is 83.7 Å². The van der Waals surface area contributed by atoms with Crippen molar-refractivity contribution in [2.75, 3.05) is 7.11 Å². The zero-order valence-corrected chi connectivity index (χ0v) is 17.0. The number of aromatic nitrogens is 1. The van der Waals surface area contributed by atoms with Crippen molar-refractivity contribution in [3.8, 4) is 22.4 Å². The minimum Gasteiger partial charge on any atom is -0.380 e. The first-order chi connectivity index (χ1) is 13.5. The number of halogens is 1. The molecule has 4 heteroatoms. The van der Waals surface area contributed by atoms with Crippen molar-refractivity contribution >= 4 is 25.4 Å². The number of hydrogen-bond donors (Lipinski definition) is 0. The minimum absolute atomic E-state index is 0.253. The summed E-state index contributed by atoms with van der Waals surface area (Å²) >= 11 is 0. The number of fused-ring (bicyclic) bond motifs is 1. The van der Waals surface area contributed by atoms with Gasteiger partial charge in [0, 0.05) is 23.6 Å². The van der Waals surface area contributed by atoms with E-state index in [0.717, 1.165) is 44.2 Å². The van der Waals surface area contributed by atoms with E-state index in [1.165, 1.54) is 0 Å². The number of aryl methyl sites for hydroxylation is 1. The molecule has 0 aliphatic heterocycles. The first-order valence-electron chi connectivity index (χ1n) is 9.10. The molecule has 0 spiro atoms. The van der Waals surface area contributed by atoms with Crippen molar-refractivity contribution in [1.29, 1.82) is 0 Å². The monoisotopic (exact) mass is 389 g/mol. The molecule has 0 aliphatic carbocycles. The maximum atomic E-state index is 14.9. The third kappa shape index (κ3) is 3.69. The van der Waals surface area contributed by atoms with Gasteiger partial charge in [-0.15, -0.1) is 9.24 Å². The second-order valence-corrected chi connectivity index (χ2v) is 7.59. The second-order valence-electron chi connectivity index (χ2n) is 6.93. The van der Waals surface area contributed by atoms with Gasteiger partial charge in [-0.1, -0.05) is 42.5 Å². The van der Waals surface area contributed by atoms with Crippen LogP contribution in [0.4, 0.5) is 4.39 Å². The van der Waals surface area contributed by atoms with Crippen molar-refractivity contribution in [2.24, 2.45) is 0 Å². The van der Waals surface area contributed by atoms with Gasteiger partial charge < -0.3 is 4.74 Å². The van der Waals surface area contributed by atoms with Gasteiger partial charge in [-0.05, 0) is 53.2 Å². The number of ether oxygens (including phenoxy) is 1. The van der Waals surface area contributed by atoms with Gasteiger partial charge in [0.05, 0.1) is 17.8 Å². The Morgan fingerprint density at radius 2 is 1.68 bits per heavy atom. The summed E-state index contributed by atoms with van der Waals surface area (Å²) in [6.45, 7) is 2.61. The van der Waals surface area contributed by atoms with Gasteiger partial charge in [0.1, 0.15) is 5.82 Å². The molecule has 1 aromatic heterocycles. The first-order valence-corrected chi connectivity index (χ1v) is 9.68. The largest absolute Gasteiger partial charge is 0.380 e. The van der Waals surface area contributed by atoms with Crippen molar-refractivity contribution < 1.29 is 9.13 Å². The van der Waals surface area contributed by atoms with Crippen LogP contribution in [0, 0.1) is 12.7 Å². The molecule has 0 amide bonds. The molecule has 2 nitrogen and oxygen atoms in total. The summed E-state index contributed by atoms with van der Waals surface area (Å²) in [5.74, 6) is -0.253. The zero-order valence-electron chi connectivity index (χ0n) is 15.9. The third-order valence-corrected chi connectivity index (χ3v) is 5.24. The minimum atomic E-state index is -0.253. The average Bonchev–Trinajstić information content (AvgIpc) is 2.69. The topological polar surface area (TPSA) is 22.1 Å². The predicted octanol–water partition coefficient (Wildman–Crippen LogP) is 5.66. The van der Waals surface area contributed by atoms with Crippen LogP contribution < -0.4 is 5.30 Å². The van der Waals surface area contributed by atoms with E-state index >= 15 is 0 Å². The molecule has 1 unspecified atom stereocenters. The van der Waals surface area contributed by atoms with Gasteiger partial charge in [0.25, 0.3) is 0 Å². The van der Waals surface area contributed by atoms with E-state index in [-0.39, 0.29) is 5.82 Å². The third-order valence-electron chi connectivity index (χ3n) is 4.88. The van der Waals surface area contributed by atoms with Crippen LogP contribution in [-0.2, 0) is 11.3 Å². The normalized spacial score (nSPS) is 11.1. The lowest BCUT2D eigenvalue weighted by molar-refractivity contribution is 0.185. The van der Waals surface area contributed by atoms with Gasteiger partial charge in [-0.25, -0.2) is 9.37 Å². The maximum Gasteiger partial charge on any atom is 0.131 e. The number of benzene rings is 3. The fourth-order valence-electron chi connectivity index (χ4n) is 3.42. The highest BCUT2D eigenvalue weighted by molar-refractivity contribution is 7.27. The van der Waals surface area contributed by atoms with Gasteiger partial charge in [0.2, 0.25) is 0 Å². The second kappa shape index (κ2) is 7.79. The van der Waals surface area contributed by atoms with Crippen molar-refractivity contribution in [3.63, 3.8) is 0 Å². The molecule has 140 valence electrons. The summed E-state index contributed by atoms with van der Waals surface area (Å²) < 4.78 is 20.0. The number of methoxy groups -OCH3 is 1. The molecule has 0 radical (unpaired) electrons. The lowest BCUT2D eigenvalue weighted by Crippen LogP contribution is -1.95. The summed E-state index contributed by atoms with van der Waals surface area (Å²) in [7, 11) is 4.37. The van der Waals surface area contributed by atoms with Gasteiger partial charge in [0.15, 0.2) is 0 Å². The Hall–Kier alpha value is -2.61. The summed E-state index contributed by atoms with van der Waals surface area (Å²) in [4.78, 5) is 4.73. The average molecular weight is 389 g/mol. The van der Waals surface area contributed by atoms with E-state index in [0.29, 0.717) is 12.2 Å². The lowest BCUT2D eigenvalue weighted by atomic mass is 9.99. The number of pyridine rings is 1. The Balaban J connectivity index is 1.71. The highest BCUT2D eigenvalue weighted by Crippen LogP contribution is 2.29. The molecule has 0 aliphatic rings. The lowest BCUT2D eigenvalue weighted by Gasteiger charge is -2.10. The van der Waals surface area contributed by atoms with Crippen LogP contribution in [0.3, 0.4) is 0 Å². The Labute approximate surface area is 166 Å². The molecule has 0 N–H and O–H groups in total. The Morgan fingerprint density at radius 3 is 2.39 bits per heavy atom. The van der Waals surface area contributed by atoms with Crippen LogP contribution >= 0.6 is 9.24 Å². The van der Waals surface area contributed by atoms with E-state index in [1.54, 1.807) is 13.2 Å². The molecule has 28 heavy (non-hydrogen) atoms. The van der Waals surface area contributed by atoms with E-state index in [9.17, 15) is 4.39 Å². The van der Waals surface area contributed by atoms with Gasteiger partial charge >= 0.3 is 0 Å². The molecule has 0 fully saturated rings. The first kappa shape index (κ1) is 18.7. The predicted molar refractivity (Wildman–Crippen MR) is 117 cm³/mol. The summed E-state index contributed by atoms with van der Waals surface area (Å²) in [5, 5.41) is 2.24. The highest BCUT2D eigenvalue weighted by Gasteiger charge is 2.10. The molecule has 1 atom stereocenters. The Bertz CT molecular complexity index is 1160. The smallest absolute Gasteiger partial charge is 0.131 e. The van der Waals surface area contributed by atoms with Crippen molar-refractivity contribution in [2.45, 2.75) is 13.5 Å². The molecule has 4 rings (SSSR count). The van der Waals surface area contributed by atoms with Crippen LogP contribution in [0.2, 0.25) is 0 Å². The molecule has 0 bridgehead atoms. The van der Waals surface area contributed by atoms with E-state index in [2.05, 4.69) is 22.2 Å². The van der Waals surface area contributed by atoms with Gasteiger partial charge in [-0.3, -0.25) is 0 Å². The van der Waals surface area contributed by atoms with E-state index in [4.69, 9.17) is 9.72 Å². The number of hydrogen-bond acceptors (Lipinski definition) is 2. The molecule has 4 aromatic rings. The summed E-state index contributed by atoms with van der Waals surface area (Å²) in [6.07, 6.45) is 0. The van der Waals surface area contributed by atoms with Crippen molar-refractivity contribution in [1.82, 2.24) is 4.98 Å². The maximum absolute atomic E-state index is 14.9. The summed E-state index contributed by atoms with van der Waals surface area (Å²) in [6, 6.07) is 21.2. The van der Waals surface area contributed by atoms with Crippen LogP contribution in [-0.4, -0.2) is 12.1 Å². The highest BCUT2D eigenvalue weighted by atomic mass is 31.0. The number of rotatable bonds is 4. The zero-order chi connectivity index (χ0) is 19.7. The SMILES string of the molecule is COCc1ccc(-c2ccc(-c3cc(C)c4cc(P)ccc4n3)cc2F)cc1. The van der Waals surface area contributed by atoms with Crippen LogP contribution in [0.15, 0.2) is 66.7 Å². The van der Waals surface area contributed by atoms with Crippen LogP contribution in [0.1, 0.15) is 11.1 Å². The van der Waals surface area contributed by atoms with Crippen LogP contribution in [0.25, 0.3) is 33.3 Å². The molecular weight excluding hydrogens is 368 g/mol. The van der Waals surface area contributed by atoms with Crippen LogP contribution in [0.5, 0.6) is 0 Å². The quantitative estimate of drug-likeness (QED) is 0.420. The molecule has 0 saturated carbocycles. The van der Waals surface area contributed by atoms with E-state index in [1.807, 2.05) is 54.6 Å². The fraction of sp³-hybridized carbons (Fsp3) is 0.125. The molecule has 3 aromatic carbocycles. The molecular formula is C24H21FNOP. The van der Waals surface area contributed by atoms with Gasteiger partial charge in [-0.2, -0.15) is 0 Å². The Morgan fingerprint density at radius 1 is 0.929 bits per heavy atom.